The van der Waals surface area contributed by atoms with E-state index in [1.165, 1.54) is 41.1 Å². The lowest BCUT2D eigenvalue weighted by Gasteiger charge is -2.22. The summed E-state index contributed by atoms with van der Waals surface area (Å²) in [6.07, 6.45) is 2.91. The Balaban J connectivity index is 1.37. The number of nitrogens with one attached hydrogen (secondary N) is 2. The number of carbonyl (C=O) groups is 3. The second-order valence-electron chi connectivity index (χ2n) is 10.7. The van der Waals surface area contributed by atoms with Crippen molar-refractivity contribution in [2.75, 3.05) is 31.3 Å². The number of fused-ring (bicyclic) bond motifs is 1. The molecule has 2 amide bonds. The van der Waals surface area contributed by atoms with Gasteiger partial charge < -0.3 is 15.4 Å². The van der Waals surface area contributed by atoms with Gasteiger partial charge in [0.25, 0.3) is 0 Å². The van der Waals surface area contributed by atoms with Crippen LogP contribution in [-0.4, -0.2) is 59.6 Å². The van der Waals surface area contributed by atoms with Crippen LogP contribution in [0.1, 0.15) is 35.7 Å². The smallest absolute Gasteiger partial charge is 0.446 e. The van der Waals surface area contributed by atoms with Crippen LogP contribution < -0.4 is 10.6 Å². The van der Waals surface area contributed by atoms with E-state index in [1.807, 2.05) is 12.1 Å². The predicted molar refractivity (Wildman–Crippen MR) is 171 cm³/mol. The van der Waals surface area contributed by atoms with Crippen molar-refractivity contribution in [3.63, 3.8) is 0 Å². The number of thioether (sulfide) groups is 1. The third-order valence-electron chi connectivity index (χ3n) is 7.17. The Kier molecular flexibility index (Phi) is 11.5. The molecule has 0 saturated carbocycles. The number of aryl methyl sites for hydroxylation is 2. The predicted octanol–water partition coefficient (Wildman–Crippen LogP) is 7.74. The van der Waals surface area contributed by atoms with Crippen molar-refractivity contribution < 1.29 is 36.7 Å². The van der Waals surface area contributed by atoms with E-state index in [1.54, 1.807) is 50.2 Å². The molecule has 2 N–H and O–H groups in total. The number of aromatic nitrogens is 1. The van der Waals surface area contributed by atoms with Crippen molar-refractivity contribution in [3.05, 3.63) is 89.9 Å². The maximum atomic E-state index is 14.2. The fourth-order valence-electron chi connectivity index (χ4n) is 4.90. The Bertz CT molecular complexity index is 1670. The highest BCUT2D eigenvalue weighted by Gasteiger charge is 2.29. The first kappa shape index (κ1) is 34.5. The van der Waals surface area contributed by atoms with Crippen molar-refractivity contribution in [2.24, 2.45) is 0 Å². The van der Waals surface area contributed by atoms with Crippen LogP contribution in [-0.2, 0) is 22.4 Å². The highest BCUT2D eigenvalue weighted by atomic mass is 32.2. The second kappa shape index (κ2) is 15.3. The molecule has 0 fully saturated rings. The molecule has 4 rings (SSSR count). The number of benzene rings is 3. The van der Waals surface area contributed by atoms with Gasteiger partial charge in [0.15, 0.2) is 0 Å². The molecule has 0 saturated heterocycles. The van der Waals surface area contributed by atoms with Gasteiger partial charge >= 0.3 is 17.5 Å². The molecule has 1 atom stereocenters. The summed E-state index contributed by atoms with van der Waals surface area (Å²) in [4.78, 5) is 40.2. The van der Waals surface area contributed by atoms with E-state index in [2.05, 4.69) is 10.6 Å². The van der Waals surface area contributed by atoms with E-state index in [0.717, 1.165) is 11.1 Å². The van der Waals surface area contributed by atoms with Gasteiger partial charge in [0.05, 0.1) is 17.8 Å². The largest absolute Gasteiger partial charge is 0.465 e. The lowest BCUT2D eigenvalue weighted by molar-refractivity contribution is -0.148. The van der Waals surface area contributed by atoms with Gasteiger partial charge in [-0.15, -0.1) is 0 Å². The minimum absolute atomic E-state index is 0.00321. The molecule has 0 radical (unpaired) electrons. The summed E-state index contributed by atoms with van der Waals surface area (Å²) in [5, 5.41) is 5.74. The van der Waals surface area contributed by atoms with Crippen LogP contribution >= 0.6 is 11.8 Å². The van der Waals surface area contributed by atoms with Crippen LogP contribution in [0.2, 0.25) is 0 Å². The Morgan fingerprint density at radius 3 is 2.15 bits per heavy atom. The summed E-state index contributed by atoms with van der Waals surface area (Å²) < 4.78 is 58.2. The summed E-state index contributed by atoms with van der Waals surface area (Å²) in [7, 11) is 3.44. The summed E-state index contributed by atoms with van der Waals surface area (Å²) >= 11 is -0.148. The number of nitrogens with zero attached hydrogens (tertiary/aromatic N) is 2. The van der Waals surface area contributed by atoms with Crippen LogP contribution in [0.5, 0.6) is 0 Å². The average molecular weight is 659 g/mol. The normalized spacial score (nSPS) is 12.3. The van der Waals surface area contributed by atoms with E-state index >= 15 is 0 Å². The number of amides is 2. The molecule has 244 valence electrons. The number of hydrogen-bond acceptors (Lipinski definition) is 6. The summed E-state index contributed by atoms with van der Waals surface area (Å²) in [5.41, 5.74) is -1.33. The van der Waals surface area contributed by atoms with E-state index < -0.39 is 29.4 Å². The summed E-state index contributed by atoms with van der Waals surface area (Å²) in [6, 6.07) is 16.0. The molecule has 1 unspecified atom stereocenters. The van der Waals surface area contributed by atoms with Gasteiger partial charge in [0.1, 0.15) is 11.9 Å². The number of alkyl halides is 3. The fraction of sp³-hybridized carbons (Fsp3) is 0.303. The highest BCUT2D eigenvalue weighted by molar-refractivity contribution is 8.00. The summed E-state index contributed by atoms with van der Waals surface area (Å²) in [6.45, 7) is 1.93. The first-order chi connectivity index (χ1) is 21.8. The molecule has 0 spiro atoms. The average Bonchev–Trinajstić information content (AvgIpc) is 3.33. The van der Waals surface area contributed by atoms with Crippen LogP contribution in [0.3, 0.4) is 0 Å². The molecule has 0 bridgehead atoms. The number of likely N-dealkylation sites (N-methyl/N-ethyl adjacent to an activating group) is 1. The van der Waals surface area contributed by atoms with Crippen LogP contribution in [0.25, 0.3) is 10.9 Å². The lowest BCUT2D eigenvalue weighted by Crippen LogP contribution is -2.37. The zero-order valence-electron chi connectivity index (χ0n) is 25.5. The molecular formula is C33H34F4N4O4S. The van der Waals surface area contributed by atoms with Crippen LogP contribution in [0.15, 0.2) is 77.8 Å². The molecule has 4 aromatic rings. The van der Waals surface area contributed by atoms with Crippen molar-refractivity contribution in [3.8, 4) is 0 Å². The molecule has 46 heavy (non-hydrogen) atoms. The topological polar surface area (TPSA) is 92.7 Å². The molecule has 13 heteroatoms. The molecule has 1 heterocycles. The molecule has 0 aliphatic heterocycles. The number of halogens is 4. The number of rotatable bonds is 12. The minimum Gasteiger partial charge on any atom is -0.465 e. The lowest BCUT2D eigenvalue weighted by atomic mass is 10.0. The monoisotopic (exact) mass is 658 g/mol. The van der Waals surface area contributed by atoms with Crippen LogP contribution in [0, 0.1) is 5.82 Å². The third-order valence-corrected chi connectivity index (χ3v) is 7.91. The zero-order chi connectivity index (χ0) is 33.4. The molecule has 0 aliphatic carbocycles. The Hall–Kier alpha value is -4.36. The first-order valence-corrected chi connectivity index (χ1v) is 15.3. The van der Waals surface area contributed by atoms with E-state index in [4.69, 9.17) is 4.74 Å². The maximum Gasteiger partial charge on any atom is 0.446 e. The van der Waals surface area contributed by atoms with E-state index in [0.29, 0.717) is 29.4 Å². The SMILES string of the molecule is CCOC(=O)C(CCC(=O)n1cc(NC(=O)Nc2ccc(CCc3ccc(SC(F)(F)F)cc3)cc2)c2cc(F)ccc21)N(C)C. The van der Waals surface area contributed by atoms with E-state index in [-0.39, 0.29) is 47.7 Å². The molecular weight excluding hydrogens is 624 g/mol. The van der Waals surface area contributed by atoms with E-state index in [9.17, 15) is 31.9 Å². The van der Waals surface area contributed by atoms with Gasteiger partial charge in [-0.3, -0.25) is 19.1 Å². The summed E-state index contributed by atoms with van der Waals surface area (Å²) in [5.74, 6) is -1.31. The number of carbonyl (C=O) groups excluding carboxylic acids is 3. The van der Waals surface area contributed by atoms with Gasteiger partial charge in [-0.05, 0) is 106 Å². The fourth-order valence-corrected chi connectivity index (χ4v) is 5.44. The van der Waals surface area contributed by atoms with Crippen molar-refractivity contribution in [2.45, 2.75) is 49.1 Å². The Labute approximate surface area is 268 Å². The zero-order valence-corrected chi connectivity index (χ0v) is 26.3. The maximum absolute atomic E-state index is 14.2. The van der Waals surface area contributed by atoms with Crippen LogP contribution in [0.4, 0.5) is 33.7 Å². The van der Waals surface area contributed by atoms with Crippen molar-refractivity contribution in [1.29, 1.82) is 0 Å². The van der Waals surface area contributed by atoms with Gasteiger partial charge in [-0.2, -0.15) is 13.2 Å². The number of esters is 1. The number of anilines is 2. The number of hydrogen-bond donors (Lipinski definition) is 2. The highest BCUT2D eigenvalue weighted by Crippen LogP contribution is 2.36. The third kappa shape index (κ3) is 9.57. The Morgan fingerprint density at radius 1 is 0.935 bits per heavy atom. The number of ether oxygens (including phenoxy) is 1. The van der Waals surface area contributed by atoms with Gasteiger partial charge in [-0.1, -0.05) is 24.3 Å². The van der Waals surface area contributed by atoms with Gasteiger partial charge in [0.2, 0.25) is 5.91 Å². The van der Waals surface area contributed by atoms with Crippen molar-refractivity contribution >= 4 is 51.9 Å². The molecule has 0 aliphatic rings. The molecule has 8 nitrogen and oxygen atoms in total. The van der Waals surface area contributed by atoms with Gasteiger partial charge in [-0.25, -0.2) is 9.18 Å². The molecule has 1 aromatic heterocycles. The quantitative estimate of drug-likeness (QED) is 0.0920. The Morgan fingerprint density at radius 2 is 1.57 bits per heavy atom. The number of urea groups is 1. The minimum atomic E-state index is -4.33. The standard InChI is InChI=1S/C33H34F4N4O4S/c1-4-45-31(43)29(40(2)3)17-18-30(42)41-20-27(26-19-23(34)11-16-28(26)41)39-32(44)38-24-12-7-21(8-13-24)5-6-22-9-14-25(15-10-22)46-33(35,36)37/h7-16,19-20,29H,4-6,17-18H2,1-3H3,(H2,38,39,44). The molecule has 3 aromatic carbocycles. The second-order valence-corrected chi connectivity index (χ2v) is 11.8. The van der Waals surface area contributed by atoms with Crippen molar-refractivity contribution in [1.82, 2.24) is 9.47 Å². The first-order valence-electron chi connectivity index (χ1n) is 14.5. The van der Waals surface area contributed by atoms with Gasteiger partial charge in [0, 0.05) is 28.6 Å².